The minimum absolute atomic E-state index is 0.740. The van der Waals surface area contributed by atoms with Crippen molar-refractivity contribution in [2.75, 3.05) is 13.1 Å². The largest absolute Gasteiger partial charge is 0.307 e. The smallest absolute Gasteiger partial charge is 0.0303 e. The first-order valence-corrected chi connectivity index (χ1v) is 7.73. The summed E-state index contributed by atoms with van der Waals surface area (Å²) in [5.74, 6) is 0. The summed E-state index contributed by atoms with van der Waals surface area (Å²) >= 11 is 1.97. The monoisotopic (exact) mass is 250 g/mol. The maximum absolute atomic E-state index is 3.78. The van der Waals surface area contributed by atoms with Crippen LogP contribution in [0, 0.1) is 0 Å². The van der Waals surface area contributed by atoms with Gasteiger partial charge in [0, 0.05) is 34.9 Å². The van der Waals surface area contributed by atoms with Crippen LogP contribution in [0.25, 0.3) is 0 Å². The van der Waals surface area contributed by atoms with Gasteiger partial charge in [-0.05, 0) is 44.4 Å². The highest BCUT2D eigenvalue weighted by Gasteiger charge is 2.36. The number of rotatable bonds is 4. The molecule has 2 nitrogen and oxygen atoms in total. The van der Waals surface area contributed by atoms with Gasteiger partial charge in [-0.2, -0.15) is 0 Å². The summed E-state index contributed by atoms with van der Waals surface area (Å²) in [6.45, 7) is 5.95. The summed E-state index contributed by atoms with van der Waals surface area (Å²) in [6, 6.07) is 6.14. The van der Waals surface area contributed by atoms with E-state index in [2.05, 4.69) is 29.3 Å². The van der Waals surface area contributed by atoms with E-state index < -0.39 is 0 Å². The van der Waals surface area contributed by atoms with E-state index in [0.29, 0.717) is 0 Å². The second-order valence-electron chi connectivity index (χ2n) is 5.24. The third-order valence-electron chi connectivity index (χ3n) is 4.21. The minimum atomic E-state index is 0.740. The van der Waals surface area contributed by atoms with Gasteiger partial charge in [-0.1, -0.05) is 6.92 Å². The van der Waals surface area contributed by atoms with Crippen molar-refractivity contribution >= 4 is 11.3 Å². The van der Waals surface area contributed by atoms with Gasteiger partial charge in [-0.15, -0.1) is 11.3 Å². The lowest BCUT2D eigenvalue weighted by Gasteiger charge is -2.20. The first kappa shape index (κ1) is 11.7. The van der Waals surface area contributed by atoms with Crippen LogP contribution in [0.3, 0.4) is 0 Å². The fraction of sp³-hybridized carbons (Fsp3) is 0.714. The van der Waals surface area contributed by atoms with E-state index in [9.17, 15) is 0 Å². The molecule has 0 spiro atoms. The first-order valence-electron chi connectivity index (χ1n) is 6.92. The van der Waals surface area contributed by atoms with Crippen molar-refractivity contribution in [3.05, 3.63) is 21.9 Å². The van der Waals surface area contributed by atoms with Crippen molar-refractivity contribution in [3.63, 3.8) is 0 Å². The van der Waals surface area contributed by atoms with E-state index in [4.69, 9.17) is 0 Å². The molecule has 3 rings (SSSR count). The van der Waals surface area contributed by atoms with Crippen LogP contribution in [0.4, 0.5) is 0 Å². The number of thiophene rings is 1. The van der Waals surface area contributed by atoms with Crippen molar-refractivity contribution in [1.29, 1.82) is 0 Å². The Kier molecular flexibility index (Phi) is 3.50. The summed E-state index contributed by atoms with van der Waals surface area (Å²) in [7, 11) is 0. The number of nitrogens with one attached hydrogen (secondary N) is 1. The molecule has 2 atom stereocenters. The summed E-state index contributed by atoms with van der Waals surface area (Å²) in [5.41, 5.74) is 0. The molecule has 0 amide bonds. The Morgan fingerprint density at radius 1 is 1.29 bits per heavy atom. The van der Waals surface area contributed by atoms with Gasteiger partial charge in [0.25, 0.3) is 0 Å². The Balaban J connectivity index is 1.54. The summed E-state index contributed by atoms with van der Waals surface area (Å²) in [6.07, 6.45) is 5.32. The van der Waals surface area contributed by atoms with Crippen LogP contribution in [-0.2, 0) is 13.0 Å². The topological polar surface area (TPSA) is 15.3 Å². The zero-order valence-electron chi connectivity index (χ0n) is 10.6. The lowest BCUT2D eigenvalue weighted by atomic mass is 10.1. The molecular formula is C14H22N2S. The Morgan fingerprint density at radius 2 is 2.18 bits per heavy atom. The number of fused-ring (bicyclic) bond motifs is 1. The van der Waals surface area contributed by atoms with E-state index in [-0.39, 0.29) is 0 Å². The van der Waals surface area contributed by atoms with Crippen LogP contribution in [0.1, 0.15) is 35.9 Å². The van der Waals surface area contributed by atoms with Crippen molar-refractivity contribution in [3.8, 4) is 0 Å². The van der Waals surface area contributed by atoms with Crippen molar-refractivity contribution < 1.29 is 0 Å². The van der Waals surface area contributed by atoms with Crippen LogP contribution < -0.4 is 5.32 Å². The number of hydrogen-bond donors (Lipinski definition) is 1. The van der Waals surface area contributed by atoms with Gasteiger partial charge in [0.1, 0.15) is 0 Å². The molecule has 1 N–H and O–H groups in total. The molecule has 0 aromatic carbocycles. The van der Waals surface area contributed by atoms with E-state index >= 15 is 0 Å². The van der Waals surface area contributed by atoms with Gasteiger partial charge in [-0.3, -0.25) is 4.90 Å². The lowest BCUT2D eigenvalue weighted by Crippen LogP contribution is -2.38. The van der Waals surface area contributed by atoms with Gasteiger partial charge in [0.05, 0.1) is 0 Å². The molecule has 2 aliphatic heterocycles. The predicted octanol–water partition coefficient (Wildman–Crippen LogP) is 2.64. The van der Waals surface area contributed by atoms with E-state index in [1.165, 1.54) is 48.5 Å². The highest BCUT2D eigenvalue weighted by atomic mass is 32.1. The lowest BCUT2D eigenvalue weighted by molar-refractivity contribution is 0.299. The first-order chi connectivity index (χ1) is 8.36. The standard InChI is InChI=1S/C14H22N2S/c1-2-11-5-6-12(17-11)10-15-13-7-9-16-8-3-4-14(13)16/h5-6,13-15H,2-4,7-10H2,1H3. The van der Waals surface area contributed by atoms with Gasteiger partial charge in [-0.25, -0.2) is 0 Å². The molecule has 0 saturated carbocycles. The molecule has 2 unspecified atom stereocenters. The van der Waals surface area contributed by atoms with Crippen LogP contribution in [0.2, 0.25) is 0 Å². The van der Waals surface area contributed by atoms with Crippen molar-refractivity contribution in [2.45, 2.75) is 51.2 Å². The molecule has 94 valence electrons. The molecule has 0 aliphatic carbocycles. The maximum Gasteiger partial charge on any atom is 0.0303 e. The molecular weight excluding hydrogens is 228 g/mol. The molecule has 0 bridgehead atoms. The fourth-order valence-corrected chi connectivity index (χ4v) is 4.17. The third kappa shape index (κ3) is 2.42. The average Bonchev–Trinajstić information content (AvgIpc) is 3.03. The second-order valence-corrected chi connectivity index (χ2v) is 6.50. The zero-order valence-corrected chi connectivity index (χ0v) is 11.4. The molecule has 0 radical (unpaired) electrons. The fourth-order valence-electron chi connectivity index (χ4n) is 3.26. The Bertz CT molecular complexity index is 374. The highest BCUT2D eigenvalue weighted by molar-refractivity contribution is 7.11. The third-order valence-corrected chi connectivity index (χ3v) is 5.44. The van der Waals surface area contributed by atoms with Crippen molar-refractivity contribution in [1.82, 2.24) is 10.2 Å². The van der Waals surface area contributed by atoms with E-state index in [1.807, 2.05) is 11.3 Å². The SMILES string of the molecule is CCc1ccc(CNC2CCN3CCCC23)s1. The van der Waals surface area contributed by atoms with Crippen molar-refractivity contribution in [2.24, 2.45) is 0 Å². The van der Waals surface area contributed by atoms with Crippen LogP contribution in [-0.4, -0.2) is 30.1 Å². The molecule has 3 heterocycles. The molecule has 2 aliphatic rings. The number of hydrogen-bond acceptors (Lipinski definition) is 3. The zero-order chi connectivity index (χ0) is 11.7. The van der Waals surface area contributed by atoms with Crippen LogP contribution >= 0.6 is 11.3 Å². The number of nitrogens with zero attached hydrogens (tertiary/aromatic N) is 1. The molecule has 1 aromatic heterocycles. The normalized spacial score (nSPS) is 28.8. The highest BCUT2D eigenvalue weighted by Crippen LogP contribution is 2.28. The van der Waals surface area contributed by atoms with Gasteiger partial charge < -0.3 is 5.32 Å². The molecule has 3 heteroatoms. The molecule has 2 fully saturated rings. The Morgan fingerprint density at radius 3 is 3.00 bits per heavy atom. The van der Waals surface area contributed by atoms with Gasteiger partial charge >= 0.3 is 0 Å². The van der Waals surface area contributed by atoms with Crippen LogP contribution in [0.5, 0.6) is 0 Å². The molecule has 17 heavy (non-hydrogen) atoms. The average molecular weight is 250 g/mol. The van der Waals surface area contributed by atoms with Gasteiger partial charge in [0.15, 0.2) is 0 Å². The summed E-state index contributed by atoms with van der Waals surface area (Å²) in [4.78, 5) is 5.68. The van der Waals surface area contributed by atoms with Gasteiger partial charge in [0.2, 0.25) is 0 Å². The summed E-state index contributed by atoms with van der Waals surface area (Å²) in [5, 5.41) is 3.78. The maximum atomic E-state index is 3.78. The van der Waals surface area contributed by atoms with E-state index in [0.717, 1.165) is 18.6 Å². The van der Waals surface area contributed by atoms with E-state index in [1.54, 1.807) is 0 Å². The molecule has 2 saturated heterocycles. The Labute approximate surface area is 108 Å². The number of aryl methyl sites for hydroxylation is 1. The molecule has 1 aromatic rings. The Hall–Kier alpha value is -0.380. The van der Waals surface area contributed by atoms with Crippen LogP contribution in [0.15, 0.2) is 12.1 Å². The second kappa shape index (κ2) is 5.09. The summed E-state index contributed by atoms with van der Waals surface area (Å²) < 4.78 is 0. The minimum Gasteiger partial charge on any atom is -0.307 e. The quantitative estimate of drug-likeness (QED) is 0.884. The predicted molar refractivity (Wildman–Crippen MR) is 73.5 cm³/mol.